The Morgan fingerprint density at radius 2 is 0.481 bits per heavy atom. The van der Waals surface area contributed by atoms with E-state index in [1.807, 2.05) is 72.8 Å². The lowest BCUT2D eigenvalue weighted by Crippen LogP contribution is -2.00. The van der Waals surface area contributed by atoms with Crippen LogP contribution in [0.2, 0.25) is 0 Å². The summed E-state index contributed by atoms with van der Waals surface area (Å²) in [5.41, 5.74) is 13.8. The Morgan fingerprint density at radius 1 is 0.185 bits per heavy atom. The Bertz CT molecular complexity index is 2360. The first-order valence-corrected chi connectivity index (χ1v) is 18.1. The van der Waals surface area contributed by atoms with Crippen molar-refractivity contribution in [1.82, 2.24) is 19.9 Å². The minimum absolute atomic E-state index is 0.641. The number of pyridine rings is 1. The lowest BCUT2D eigenvalue weighted by Gasteiger charge is -2.11. The van der Waals surface area contributed by atoms with E-state index < -0.39 is 0 Å². The monoisotopic (exact) mass is 690 g/mol. The van der Waals surface area contributed by atoms with Gasteiger partial charge in [-0.05, 0) is 51.6 Å². The Hall–Kier alpha value is -7.30. The van der Waals surface area contributed by atoms with Gasteiger partial charge < -0.3 is 0 Å². The van der Waals surface area contributed by atoms with Crippen LogP contribution in [-0.4, -0.2) is 19.9 Å². The van der Waals surface area contributed by atoms with Gasteiger partial charge in [0.25, 0.3) is 0 Å². The first kappa shape index (κ1) is 32.6. The summed E-state index contributed by atoms with van der Waals surface area (Å²) in [5.74, 6) is 1.94. The molecule has 2 heterocycles. The van der Waals surface area contributed by atoms with Crippen molar-refractivity contribution in [2.75, 3.05) is 0 Å². The van der Waals surface area contributed by atoms with E-state index in [4.69, 9.17) is 19.9 Å². The van der Waals surface area contributed by atoms with Crippen LogP contribution in [0.4, 0.5) is 0 Å². The van der Waals surface area contributed by atoms with Crippen molar-refractivity contribution in [1.29, 1.82) is 0 Å². The van der Waals surface area contributed by atoms with Crippen LogP contribution in [0.5, 0.6) is 0 Å². The summed E-state index contributed by atoms with van der Waals surface area (Å²) in [6.45, 7) is 0. The van der Waals surface area contributed by atoms with Gasteiger partial charge >= 0.3 is 0 Å². The van der Waals surface area contributed by atoms with Gasteiger partial charge in [0.2, 0.25) is 0 Å². The predicted molar refractivity (Wildman–Crippen MR) is 221 cm³/mol. The highest BCUT2D eigenvalue weighted by Gasteiger charge is 2.13. The van der Waals surface area contributed by atoms with Crippen molar-refractivity contribution in [3.63, 3.8) is 0 Å². The SMILES string of the molecule is c1ccc(-c2cc(-c3ccccc3)nc(-c3ccc(-c4cccc(-c5ccc(-c6nc(-c7ccccc7)nc(-c7ccccc7)n6)cc5)c4)cc3)c2)cc1. The molecule has 0 amide bonds. The van der Waals surface area contributed by atoms with E-state index in [-0.39, 0.29) is 0 Å². The second-order valence-electron chi connectivity index (χ2n) is 13.1. The molecule has 7 aromatic carbocycles. The molecule has 0 bridgehead atoms. The molecule has 0 aliphatic rings. The van der Waals surface area contributed by atoms with E-state index in [1.54, 1.807) is 0 Å². The van der Waals surface area contributed by atoms with Crippen molar-refractivity contribution in [2.45, 2.75) is 0 Å². The van der Waals surface area contributed by atoms with Crippen molar-refractivity contribution in [2.24, 2.45) is 0 Å². The maximum absolute atomic E-state index is 5.11. The number of hydrogen-bond acceptors (Lipinski definition) is 4. The topological polar surface area (TPSA) is 51.6 Å². The average Bonchev–Trinajstić information content (AvgIpc) is 3.27. The fourth-order valence-corrected chi connectivity index (χ4v) is 6.69. The van der Waals surface area contributed by atoms with Crippen molar-refractivity contribution < 1.29 is 0 Å². The highest BCUT2D eigenvalue weighted by atomic mass is 15.0. The molecule has 9 rings (SSSR count). The summed E-state index contributed by atoms with van der Waals surface area (Å²) in [6, 6.07) is 71.2. The minimum Gasteiger partial charge on any atom is -0.248 e. The lowest BCUT2D eigenvalue weighted by atomic mass is 9.96. The second-order valence-corrected chi connectivity index (χ2v) is 13.1. The maximum atomic E-state index is 5.11. The summed E-state index contributed by atoms with van der Waals surface area (Å²) in [5, 5.41) is 0. The van der Waals surface area contributed by atoms with Gasteiger partial charge in [-0.1, -0.05) is 188 Å². The van der Waals surface area contributed by atoms with Gasteiger partial charge in [0.1, 0.15) is 0 Å². The van der Waals surface area contributed by atoms with E-state index in [2.05, 4.69) is 133 Å². The number of hydrogen-bond donors (Lipinski definition) is 0. The molecule has 0 unspecified atom stereocenters. The molecular weight excluding hydrogens is 657 g/mol. The van der Waals surface area contributed by atoms with Crippen molar-refractivity contribution >= 4 is 0 Å². The Labute approximate surface area is 315 Å². The Morgan fingerprint density at radius 3 is 0.926 bits per heavy atom. The highest BCUT2D eigenvalue weighted by molar-refractivity contribution is 5.79. The minimum atomic E-state index is 0.641. The molecule has 2 aromatic heterocycles. The first-order chi connectivity index (χ1) is 26.7. The molecule has 0 aliphatic carbocycles. The molecular formula is C50H34N4. The van der Waals surface area contributed by atoms with Crippen molar-refractivity contribution in [3.05, 3.63) is 206 Å². The number of nitrogens with zero attached hydrogens (tertiary/aromatic N) is 4. The van der Waals surface area contributed by atoms with Gasteiger partial charge in [0, 0.05) is 27.8 Å². The largest absolute Gasteiger partial charge is 0.248 e. The van der Waals surface area contributed by atoms with E-state index in [9.17, 15) is 0 Å². The molecule has 4 heteroatoms. The van der Waals surface area contributed by atoms with E-state index >= 15 is 0 Å². The summed E-state index contributed by atoms with van der Waals surface area (Å²) in [6.07, 6.45) is 0. The van der Waals surface area contributed by atoms with E-state index in [1.165, 1.54) is 5.56 Å². The summed E-state index contributed by atoms with van der Waals surface area (Å²) in [7, 11) is 0. The number of rotatable bonds is 8. The van der Waals surface area contributed by atoms with Gasteiger partial charge in [-0.2, -0.15) is 0 Å². The maximum Gasteiger partial charge on any atom is 0.164 e. The Kier molecular flexibility index (Phi) is 8.90. The molecule has 9 aromatic rings. The molecule has 0 atom stereocenters. The summed E-state index contributed by atoms with van der Waals surface area (Å²) >= 11 is 0. The van der Waals surface area contributed by atoms with Crippen LogP contribution in [0, 0.1) is 0 Å². The van der Waals surface area contributed by atoms with Crippen LogP contribution in [0.3, 0.4) is 0 Å². The molecule has 0 saturated heterocycles. The molecule has 254 valence electrons. The molecule has 0 fully saturated rings. The summed E-state index contributed by atoms with van der Waals surface area (Å²) < 4.78 is 0. The molecule has 0 spiro atoms. The van der Waals surface area contributed by atoms with Crippen LogP contribution in [0.15, 0.2) is 206 Å². The van der Waals surface area contributed by atoms with E-state index in [0.717, 1.165) is 67.0 Å². The smallest absolute Gasteiger partial charge is 0.164 e. The van der Waals surface area contributed by atoms with Crippen LogP contribution in [0.1, 0.15) is 0 Å². The lowest BCUT2D eigenvalue weighted by molar-refractivity contribution is 1.07. The number of aromatic nitrogens is 4. The van der Waals surface area contributed by atoms with Gasteiger partial charge in [0.15, 0.2) is 17.5 Å². The van der Waals surface area contributed by atoms with Crippen molar-refractivity contribution in [3.8, 4) is 90.1 Å². The summed E-state index contributed by atoms with van der Waals surface area (Å²) in [4.78, 5) is 19.7. The molecule has 54 heavy (non-hydrogen) atoms. The Balaban J connectivity index is 1.00. The standard InChI is InChI=1S/C50H34N4/c1-5-14-35(15-6-1)45-33-46(38-16-7-2-8-17-38)51-47(34-45)39-28-24-36(25-29-39)43-22-13-23-44(32-43)37-26-30-42(31-27-37)50-53-48(40-18-9-3-10-19-40)52-49(54-50)41-20-11-4-12-21-41/h1-34H. The van der Waals surface area contributed by atoms with Crippen LogP contribution < -0.4 is 0 Å². The third kappa shape index (κ3) is 6.97. The van der Waals surface area contributed by atoms with Crippen LogP contribution in [-0.2, 0) is 0 Å². The van der Waals surface area contributed by atoms with Gasteiger partial charge in [-0.25, -0.2) is 19.9 Å². The van der Waals surface area contributed by atoms with Crippen LogP contribution in [0.25, 0.3) is 90.1 Å². The van der Waals surface area contributed by atoms with Crippen LogP contribution >= 0.6 is 0 Å². The zero-order valence-electron chi connectivity index (χ0n) is 29.4. The van der Waals surface area contributed by atoms with Gasteiger partial charge in [-0.3, -0.25) is 0 Å². The average molecular weight is 691 g/mol. The zero-order valence-corrected chi connectivity index (χ0v) is 29.4. The third-order valence-electron chi connectivity index (χ3n) is 9.55. The highest BCUT2D eigenvalue weighted by Crippen LogP contribution is 2.33. The number of benzene rings is 7. The second kappa shape index (κ2) is 14.7. The zero-order chi connectivity index (χ0) is 36.1. The third-order valence-corrected chi connectivity index (χ3v) is 9.55. The van der Waals surface area contributed by atoms with Gasteiger partial charge in [-0.15, -0.1) is 0 Å². The van der Waals surface area contributed by atoms with Gasteiger partial charge in [0.05, 0.1) is 11.4 Å². The first-order valence-electron chi connectivity index (χ1n) is 18.1. The molecule has 0 N–H and O–H groups in total. The fraction of sp³-hybridized carbons (Fsp3) is 0. The molecule has 0 radical (unpaired) electrons. The fourth-order valence-electron chi connectivity index (χ4n) is 6.69. The van der Waals surface area contributed by atoms with E-state index in [0.29, 0.717) is 17.5 Å². The molecule has 0 aliphatic heterocycles. The molecule has 4 nitrogen and oxygen atoms in total. The normalized spacial score (nSPS) is 11.0. The quantitative estimate of drug-likeness (QED) is 0.159. The predicted octanol–water partition coefficient (Wildman–Crippen LogP) is 12.6. The molecule has 0 saturated carbocycles.